The fourth-order valence-electron chi connectivity index (χ4n) is 2.37. The molecule has 0 aromatic rings. The highest BCUT2D eigenvalue weighted by Gasteiger charge is 2.15. The van der Waals surface area contributed by atoms with Crippen LogP contribution in [0.3, 0.4) is 0 Å². The number of rotatable bonds is 14. The summed E-state index contributed by atoms with van der Waals surface area (Å²) in [7, 11) is 0. The molecule has 0 heterocycles. The first kappa shape index (κ1) is 22.2. The maximum Gasteiger partial charge on any atom is 0.244 e. The highest BCUT2D eigenvalue weighted by atomic mass is 32.2. The minimum atomic E-state index is -0.0968. The smallest absolute Gasteiger partial charge is 0.244 e. The molecule has 0 rings (SSSR count). The molecule has 0 aliphatic rings. The summed E-state index contributed by atoms with van der Waals surface area (Å²) < 4.78 is 0. The van der Waals surface area contributed by atoms with Gasteiger partial charge in [0.15, 0.2) is 5.12 Å². The second kappa shape index (κ2) is 16.1. The number of carbonyl (C=O) groups is 2. The zero-order valence-corrected chi connectivity index (χ0v) is 16.1. The van der Waals surface area contributed by atoms with Crippen LogP contribution in [0.15, 0.2) is 11.5 Å². The Hall–Kier alpha value is -0.770. The van der Waals surface area contributed by atoms with Gasteiger partial charge in [-0.1, -0.05) is 77.5 Å². The fourth-order valence-corrected chi connectivity index (χ4v) is 3.18. The van der Waals surface area contributed by atoms with Gasteiger partial charge in [-0.05, 0) is 24.7 Å². The summed E-state index contributed by atoms with van der Waals surface area (Å²) in [6.45, 7) is 7.12. The molecule has 0 aromatic heterocycles. The van der Waals surface area contributed by atoms with E-state index in [9.17, 15) is 9.59 Å². The minimum Gasteiger partial charge on any atom is -0.353 e. The van der Waals surface area contributed by atoms with Crippen LogP contribution >= 0.6 is 11.8 Å². The molecule has 0 aliphatic carbocycles. The predicted octanol–water partition coefficient (Wildman–Crippen LogP) is 5.45. The van der Waals surface area contributed by atoms with Gasteiger partial charge in [-0.3, -0.25) is 9.59 Å². The van der Waals surface area contributed by atoms with E-state index in [2.05, 4.69) is 26.1 Å². The van der Waals surface area contributed by atoms with Crippen LogP contribution in [0.5, 0.6) is 0 Å². The van der Waals surface area contributed by atoms with Gasteiger partial charge < -0.3 is 5.32 Å². The number of hydrogen-bond acceptors (Lipinski definition) is 3. The summed E-state index contributed by atoms with van der Waals surface area (Å²) in [5.41, 5.74) is 0. The summed E-state index contributed by atoms with van der Waals surface area (Å²) in [6.07, 6.45) is 12.8. The van der Waals surface area contributed by atoms with Crippen molar-refractivity contribution in [2.24, 2.45) is 5.92 Å². The minimum absolute atomic E-state index is 0.0968. The normalized spacial score (nSPS) is 12.5. The van der Waals surface area contributed by atoms with Crippen molar-refractivity contribution in [2.45, 2.75) is 85.0 Å². The first-order chi connectivity index (χ1) is 11.2. The van der Waals surface area contributed by atoms with Crippen molar-refractivity contribution < 1.29 is 9.59 Å². The molecule has 1 unspecified atom stereocenters. The van der Waals surface area contributed by atoms with Crippen LogP contribution in [0, 0.1) is 5.92 Å². The summed E-state index contributed by atoms with van der Waals surface area (Å²) >= 11 is 1.16. The molecule has 1 atom stereocenters. The van der Waals surface area contributed by atoms with Crippen molar-refractivity contribution in [3.63, 3.8) is 0 Å². The van der Waals surface area contributed by atoms with Crippen molar-refractivity contribution in [1.29, 1.82) is 0 Å². The van der Waals surface area contributed by atoms with Crippen LogP contribution in [-0.4, -0.2) is 17.6 Å². The van der Waals surface area contributed by atoms with E-state index in [0.29, 0.717) is 0 Å². The Morgan fingerprint density at radius 2 is 1.61 bits per heavy atom. The highest BCUT2D eigenvalue weighted by Crippen LogP contribution is 2.21. The Bertz CT molecular complexity index is 342. The molecule has 0 fully saturated rings. The molecule has 0 saturated heterocycles. The second-order valence-electron chi connectivity index (χ2n) is 6.05. The second-order valence-corrected chi connectivity index (χ2v) is 6.96. The fraction of sp³-hybridized carbons (Fsp3) is 0.789. The number of unbranched alkanes of at least 4 members (excludes halogenated alkanes) is 6. The van der Waals surface area contributed by atoms with Crippen LogP contribution in [0.1, 0.15) is 85.0 Å². The average Bonchev–Trinajstić information content (AvgIpc) is 2.54. The Kier molecular flexibility index (Phi) is 15.6. The van der Waals surface area contributed by atoms with E-state index >= 15 is 0 Å². The molecule has 0 spiro atoms. The van der Waals surface area contributed by atoms with Crippen molar-refractivity contribution in [2.75, 3.05) is 6.54 Å². The van der Waals surface area contributed by atoms with Gasteiger partial charge in [0, 0.05) is 18.5 Å². The molecule has 0 bridgehead atoms. The van der Waals surface area contributed by atoms with Gasteiger partial charge in [0.25, 0.3) is 0 Å². The lowest BCUT2D eigenvalue weighted by Gasteiger charge is -2.10. The molecule has 3 nitrogen and oxygen atoms in total. The third-order valence-electron chi connectivity index (χ3n) is 3.97. The SMILES string of the molecule is CCCCCCCCNC(=O)/C=C\SC(=O)C(CC)CCCC. The van der Waals surface area contributed by atoms with Crippen molar-refractivity contribution in [1.82, 2.24) is 5.32 Å². The first-order valence-electron chi connectivity index (χ1n) is 9.30. The van der Waals surface area contributed by atoms with E-state index in [0.717, 1.165) is 50.4 Å². The Morgan fingerprint density at radius 1 is 0.957 bits per heavy atom. The average molecular weight is 342 g/mol. The molecule has 23 heavy (non-hydrogen) atoms. The van der Waals surface area contributed by atoms with Crippen molar-refractivity contribution in [3.8, 4) is 0 Å². The van der Waals surface area contributed by atoms with Gasteiger partial charge >= 0.3 is 0 Å². The van der Waals surface area contributed by atoms with Gasteiger partial charge in [0.05, 0.1) is 0 Å². The molecule has 4 heteroatoms. The summed E-state index contributed by atoms with van der Waals surface area (Å²) in [5.74, 6) is 0.0243. The maximum absolute atomic E-state index is 12.0. The van der Waals surface area contributed by atoms with E-state index in [1.54, 1.807) is 5.41 Å². The number of nitrogens with one attached hydrogen (secondary N) is 1. The predicted molar refractivity (Wildman–Crippen MR) is 101 cm³/mol. The van der Waals surface area contributed by atoms with Crippen LogP contribution < -0.4 is 5.32 Å². The van der Waals surface area contributed by atoms with E-state index < -0.39 is 0 Å². The molecule has 1 amide bonds. The van der Waals surface area contributed by atoms with Crippen LogP contribution in [-0.2, 0) is 9.59 Å². The Labute approximate surface area is 147 Å². The van der Waals surface area contributed by atoms with E-state index in [1.165, 1.54) is 38.2 Å². The van der Waals surface area contributed by atoms with Gasteiger partial charge in [-0.2, -0.15) is 0 Å². The third kappa shape index (κ3) is 13.4. The molecule has 0 radical (unpaired) electrons. The lowest BCUT2D eigenvalue weighted by molar-refractivity contribution is -0.116. The lowest BCUT2D eigenvalue weighted by Crippen LogP contribution is -2.22. The van der Waals surface area contributed by atoms with Crippen LogP contribution in [0.25, 0.3) is 0 Å². The van der Waals surface area contributed by atoms with Crippen molar-refractivity contribution >= 4 is 22.8 Å². The topological polar surface area (TPSA) is 46.2 Å². The van der Waals surface area contributed by atoms with E-state index in [4.69, 9.17) is 0 Å². The quantitative estimate of drug-likeness (QED) is 0.337. The number of hydrogen-bond donors (Lipinski definition) is 1. The standard InChI is InChI=1S/C19H35NO2S/c1-4-7-9-10-11-12-15-20-18(21)14-16-23-19(22)17(6-3)13-8-5-2/h14,16-17H,4-13,15H2,1-3H3,(H,20,21)/b16-14-. The monoisotopic (exact) mass is 341 g/mol. The summed E-state index contributed by atoms with van der Waals surface area (Å²) in [6, 6.07) is 0. The van der Waals surface area contributed by atoms with Gasteiger partial charge in [-0.25, -0.2) is 0 Å². The number of amides is 1. The Morgan fingerprint density at radius 3 is 2.26 bits per heavy atom. The van der Waals surface area contributed by atoms with Crippen molar-refractivity contribution in [3.05, 3.63) is 11.5 Å². The highest BCUT2D eigenvalue weighted by molar-refractivity contribution is 8.16. The zero-order valence-electron chi connectivity index (χ0n) is 15.2. The Balaban J connectivity index is 3.76. The molecule has 0 saturated carbocycles. The molecule has 1 N–H and O–H groups in total. The van der Waals surface area contributed by atoms with E-state index in [1.807, 2.05) is 0 Å². The number of carbonyl (C=O) groups excluding carboxylic acids is 2. The molecule has 0 aliphatic heterocycles. The zero-order chi connectivity index (χ0) is 17.3. The number of thioether (sulfide) groups is 1. The van der Waals surface area contributed by atoms with Crippen LogP contribution in [0.4, 0.5) is 0 Å². The third-order valence-corrected chi connectivity index (χ3v) is 4.80. The van der Waals surface area contributed by atoms with Gasteiger partial charge in [0.1, 0.15) is 0 Å². The first-order valence-corrected chi connectivity index (χ1v) is 10.2. The molecular weight excluding hydrogens is 306 g/mol. The molecule has 0 aromatic carbocycles. The largest absolute Gasteiger partial charge is 0.353 e. The van der Waals surface area contributed by atoms with E-state index in [-0.39, 0.29) is 16.9 Å². The van der Waals surface area contributed by atoms with Gasteiger partial charge in [-0.15, -0.1) is 0 Å². The van der Waals surface area contributed by atoms with Gasteiger partial charge in [0.2, 0.25) is 5.91 Å². The molecule has 134 valence electrons. The molecular formula is C19H35NO2S. The van der Waals surface area contributed by atoms with Crippen LogP contribution in [0.2, 0.25) is 0 Å². The lowest BCUT2D eigenvalue weighted by atomic mass is 10.0. The summed E-state index contributed by atoms with van der Waals surface area (Å²) in [5, 5.41) is 4.69. The maximum atomic E-state index is 12.0. The summed E-state index contributed by atoms with van der Waals surface area (Å²) in [4.78, 5) is 23.7.